The van der Waals surface area contributed by atoms with E-state index in [1.54, 1.807) is 18.2 Å². The number of hydrogen-bond acceptors (Lipinski definition) is 3. The first kappa shape index (κ1) is 16.0. The summed E-state index contributed by atoms with van der Waals surface area (Å²) < 4.78 is 39.3. The van der Waals surface area contributed by atoms with Crippen LogP contribution in [-0.2, 0) is 6.18 Å². The maximum absolute atomic E-state index is 12.8. The molecular formula is C14H9BrF3NOS. The van der Waals surface area contributed by atoms with Gasteiger partial charge in [0.15, 0.2) is 5.78 Å². The second-order valence-corrected chi connectivity index (χ2v) is 5.93. The summed E-state index contributed by atoms with van der Waals surface area (Å²) in [5, 5.41) is 0. The molecule has 7 heteroatoms. The van der Waals surface area contributed by atoms with E-state index in [2.05, 4.69) is 20.9 Å². The van der Waals surface area contributed by atoms with Crippen molar-refractivity contribution in [3.63, 3.8) is 0 Å². The van der Waals surface area contributed by atoms with Crippen molar-refractivity contribution < 1.29 is 18.0 Å². The maximum atomic E-state index is 12.8. The highest BCUT2D eigenvalue weighted by atomic mass is 79.9. The van der Waals surface area contributed by atoms with Crippen LogP contribution in [0.4, 0.5) is 13.2 Å². The highest BCUT2D eigenvalue weighted by Gasteiger charge is 2.35. The molecule has 110 valence electrons. The molecule has 2 rings (SSSR count). The van der Waals surface area contributed by atoms with Gasteiger partial charge >= 0.3 is 6.18 Å². The first-order chi connectivity index (χ1) is 9.89. The lowest BCUT2D eigenvalue weighted by atomic mass is 10.1. The van der Waals surface area contributed by atoms with E-state index in [0.717, 1.165) is 27.8 Å². The first-order valence-corrected chi connectivity index (χ1v) is 7.59. The van der Waals surface area contributed by atoms with Crippen molar-refractivity contribution in [2.75, 3.05) is 5.75 Å². The number of alkyl halides is 3. The number of carbonyl (C=O) groups excluding carboxylic acids is 1. The molecule has 0 saturated heterocycles. The molecule has 21 heavy (non-hydrogen) atoms. The van der Waals surface area contributed by atoms with Crippen molar-refractivity contribution in [3.05, 3.63) is 58.3 Å². The Hall–Kier alpha value is -1.34. The van der Waals surface area contributed by atoms with Gasteiger partial charge in [-0.15, -0.1) is 11.8 Å². The largest absolute Gasteiger partial charge is 0.417 e. The molecule has 0 aliphatic heterocycles. The summed E-state index contributed by atoms with van der Waals surface area (Å²) in [6.07, 6.45) is -2.57. The van der Waals surface area contributed by atoms with E-state index in [0.29, 0.717) is 0 Å². The molecule has 1 aromatic heterocycles. The zero-order valence-electron chi connectivity index (χ0n) is 10.5. The van der Waals surface area contributed by atoms with Crippen LogP contribution in [0.15, 0.2) is 52.1 Å². The van der Waals surface area contributed by atoms with Crippen LogP contribution in [0.3, 0.4) is 0 Å². The van der Waals surface area contributed by atoms with E-state index in [-0.39, 0.29) is 5.75 Å². The molecule has 2 nitrogen and oxygen atoms in total. The summed E-state index contributed by atoms with van der Waals surface area (Å²) in [5.41, 5.74) is -1.35. The molecule has 0 radical (unpaired) electrons. The van der Waals surface area contributed by atoms with E-state index in [1.165, 1.54) is 11.8 Å². The number of halogens is 4. The van der Waals surface area contributed by atoms with Gasteiger partial charge in [0.25, 0.3) is 0 Å². The average molecular weight is 376 g/mol. The Bertz CT molecular complexity index is 661. The van der Waals surface area contributed by atoms with Gasteiger partial charge < -0.3 is 0 Å². The Morgan fingerprint density at radius 1 is 1.24 bits per heavy atom. The highest BCUT2D eigenvalue weighted by molar-refractivity contribution is 9.10. The Morgan fingerprint density at radius 3 is 2.62 bits per heavy atom. The molecule has 0 aliphatic carbocycles. The van der Waals surface area contributed by atoms with E-state index in [4.69, 9.17) is 0 Å². The van der Waals surface area contributed by atoms with Gasteiger partial charge in [0, 0.05) is 27.3 Å². The summed E-state index contributed by atoms with van der Waals surface area (Å²) in [6, 6.07) is 8.02. The number of aromatic nitrogens is 1. The molecule has 0 atom stereocenters. The smallest absolute Gasteiger partial charge is 0.293 e. The number of ketones is 1. The molecule has 0 saturated carbocycles. The van der Waals surface area contributed by atoms with Crippen LogP contribution in [0, 0.1) is 0 Å². The third-order valence-electron chi connectivity index (χ3n) is 2.62. The fourth-order valence-electron chi connectivity index (χ4n) is 1.65. The second kappa shape index (κ2) is 6.62. The van der Waals surface area contributed by atoms with Crippen molar-refractivity contribution in [1.82, 2.24) is 4.98 Å². The van der Waals surface area contributed by atoms with Crippen LogP contribution in [0.1, 0.15) is 15.9 Å². The third-order valence-corrected chi connectivity index (χ3v) is 4.65. The minimum Gasteiger partial charge on any atom is -0.293 e. The monoisotopic (exact) mass is 375 g/mol. The van der Waals surface area contributed by atoms with E-state index in [9.17, 15) is 18.0 Å². The van der Waals surface area contributed by atoms with Crippen molar-refractivity contribution in [2.45, 2.75) is 11.1 Å². The fourth-order valence-corrected chi connectivity index (χ4v) is 3.10. The Kier molecular flexibility index (Phi) is 5.05. The number of Topliss-reactive ketones (excluding diaryl/α,β-unsaturated/α-hetero) is 1. The standard InChI is InChI=1S/C14H9BrF3NOS/c15-11-3-1-2-4-13(11)21-8-12(20)9-7-19-6-5-10(9)14(16,17)18/h1-7H,8H2. The molecule has 0 bridgehead atoms. The predicted octanol–water partition coefficient (Wildman–Crippen LogP) is 4.84. The lowest BCUT2D eigenvalue weighted by Crippen LogP contribution is -2.14. The van der Waals surface area contributed by atoms with Crippen LogP contribution in [-0.4, -0.2) is 16.5 Å². The SMILES string of the molecule is O=C(CSc1ccccc1Br)c1cnccc1C(F)(F)F. The molecule has 0 amide bonds. The van der Waals surface area contributed by atoms with Gasteiger partial charge in [-0.1, -0.05) is 12.1 Å². The first-order valence-electron chi connectivity index (χ1n) is 5.81. The van der Waals surface area contributed by atoms with Gasteiger partial charge in [-0.05, 0) is 34.1 Å². The molecule has 0 N–H and O–H groups in total. The van der Waals surface area contributed by atoms with Gasteiger partial charge in [0.2, 0.25) is 0 Å². The number of rotatable bonds is 4. The van der Waals surface area contributed by atoms with Gasteiger partial charge in [-0.25, -0.2) is 0 Å². The Balaban J connectivity index is 2.17. The summed E-state index contributed by atoms with van der Waals surface area (Å²) in [7, 11) is 0. The molecular weight excluding hydrogens is 367 g/mol. The fraction of sp³-hybridized carbons (Fsp3) is 0.143. The molecule has 0 aliphatic rings. The summed E-state index contributed by atoms with van der Waals surface area (Å²) >= 11 is 4.50. The summed E-state index contributed by atoms with van der Waals surface area (Å²) in [4.78, 5) is 16.4. The molecule has 1 heterocycles. The minimum absolute atomic E-state index is 0.0859. The third kappa shape index (κ3) is 4.07. The molecule has 0 fully saturated rings. The van der Waals surface area contributed by atoms with Gasteiger partial charge in [0.05, 0.1) is 11.3 Å². The van der Waals surface area contributed by atoms with Crippen molar-refractivity contribution >= 4 is 33.5 Å². The van der Waals surface area contributed by atoms with Crippen molar-refractivity contribution in [1.29, 1.82) is 0 Å². The zero-order chi connectivity index (χ0) is 15.5. The van der Waals surface area contributed by atoms with Gasteiger partial charge in [-0.2, -0.15) is 13.2 Å². The number of thioether (sulfide) groups is 1. The highest BCUT2D eigenvalue weighted by Crippen LogP contribution is 2.33. The van der Waals surface area contributed by atoms with Crippen LogP contribution in [0.25, 0.3) is 0 Å². The van der Waals surface area contributed by atoms with Gasteiger partial charge in [-0.3, -0.25) is 9.78 Å². The minimum atomic E-state index is -4.56. The quantitative estimate of drug-likeness (QED) is 0.565. The molecule has 0 unspecified atom stereocenters. The molecule has 1 aromatic carbocycles. The molecule has 2 aromatic rings. The van der Waals surface area contributed by atoms with Crippen LogP contribution in [0.2, 0.25) is 0 Å². The topological polar surface area (TPSA) is 30.0 Å². The number of pyridine rings is 1. The van der Waals surface area contributed by atoms with Crippen LogP contribution in [0.5, 0.6) is 0 Å². The number of carbonyl (C=O) groups is 1. The number of hydrogen-bond donors (Lipinski definition) is 0. The normalized spacial score (nSPS) is 11.4. The van der Waals surface area contributed by atoms with Crippen molar-refractivity contribution in [3.8, 4) is 0 Å². The maximum Gasteiger partial charge on any atom is 0.417 e. The number of benzene rings is 1. The van der Waals surface area contributed by atoms with Gasteiger partial charge in [0.1, 0.15) is 0 Å². The van der Waals surface area contributed by atoms with Crippen molar-refractivity contribution in [2.24, 2.45) is 0 Å². The van der Waals surface area contributed by atoms with E-state index >= 15 is 0 Å². The molecule has 0 spiro atoms. The lowest BCUT2D eigenvalue weighted by molar-refractivity contribution is -0.138. The van der Waals surface area contributed by atoms with E-state index in [1.807, 2.05) is 6.07 Å². The predicted molar refractivity (Wildman–Crippen MR) is 78.4 cm³/mol. The Morgan fingerprint density at radius 2 is 1.95 bits per heavy atom. The summed E-state index contributed by atoms with van der Waals surface area (Å²) in [6.45, 7) is 0. The zero-order valence-corrected chi connectivity index (χ0v) is 12.9. The van der Waals surface area contributed by atoms with Crippen LogP contribution >= 0.6 is 27.7 Å². The lowest BCUT2D eigenvalue weighted by Gasteiger charge is -2.11. The van der Waals surface area contributed by atoms with Crippen LogP contribution < -0.4 is 0 Å². The van der Waals surface area contributed by atoms with E-state index < -0.39 is 23.1 Å². The number of nitrogens with zero attached hydrogens (tertiary/aromatic N) is 1. The average Bonchev–Trinajstić information content (AvgIpc) is 2.45. The Labute approximate surface area is 131 Å². The second-order valence-electron chi connectivity index (χ2n) is 4.06. The summed E-state index contributed by atoms with van der Waals surface area (Å²) in [5.74, 6) is -0.687.